The third-order valence-corrected chi connectivity index (χ3v) is 4.33. The number of nitrogens with one attached hydrogen (secondary N) is 1. The van der Waals surface area contributed by atoms with Gasteiger partial charge in [0.25, 0.3) is 0 Å². The Bertz CT molecular complexity index is 545. The summed E-state index contributed by atoms with van der Waals surface area (Å²) in [5, 5.41) is 3.35. The Kier molecular flexibility index (Phi) is 9.28. The van der Waals surface area contributed by atoms with Crippen molar-refractivity contribution in [3.05, 3.63) is 29.8 Å². The van der Waals surface area contributed by atoms with Crippen molar-refractivity contribution in [2.45, 2.75) is 38.8 Å². The summed E-state index contributed by atoms with van der Waals surface area (Å²) in [6, 6.07) is 8.08. The first-order valence-corrected chi connectivity index (χ1v) is 9.55. The fourth-order valence-electron chi connectivity index (χ4n) is 2.98. The number of rotatable bonds is 10. The van der Waals surface area contributed by atoms with E-state index in [9.17, 15) is 0 Å². The second-order valence-corrected chi connectivity index (χ2v) is 6.47. The molecule has 1 heterocycles. The summed E-state index contributed by atoms with van der Waals surface area (Å²) < 4.78 is 16.7. The average Bonchev–Trinajstić information content (AvgIpc) is 3.17. The molecule has 1 aliphatic heterocycles. The van der Waals surface area contributed by atoms with Gasteiger partial charge in [0.15, 0.2) is 5.96 Å². The number of hydrogen-bond acceptors (Lipinski definition) is 4. The van der Waals surface area contributed by atoms with E-state index in [-0.39, 0.29) is 0 Å². The van der Waals surface area contributed by atoms with Gasteiger partial charge in [0, 0.05) is 45.5 Å². The number of para-hydroxylation sites is 1. The molecule has 0 radical (unpaired) electrons. The number of guanidine groups is 1. The maximum Gasteiger partial charge on any atom is 0.193 e. The number of methoxy groups -OCH3 is 1. The van der Waals surface area contributed by atoms with Crippen LogP contribution in [0.1, 0.15) is 31.7 Å². The van der Waals surface area contributed by atoms with E-state index in [0.29, 0.717) is 12.7 Å². The highest BCUT2D eigenvalue weighted by atomic mass is 16.5. The molecule has 0 amide bonds. The van der Waals surface area contributed by atoms with E-state index in [2.05, 4.69) is 23.2 Å². The van der Waals surface area contributed by atoms with Crippen LogP contribution in [0, 0.1) is 0 Å². The molecular weight excluding hydrogens is 330 g/mol. The largest absolute Gasteiger partial charge is 0.496 e. The van der Waals surface area contributed by atoms with Gasteiger partial charge in [0.05, 0.1) is 19.8 Å². The van der Waals surface area contributed by atoms with E-state index < -0.39 is 0 Å². The molecule has 1 atom stereocenters. The van der Waals surface area contributed by atoms with Gasteiger partial charge in [-0.1, -0.05) is 18.2 Å². The van der Waals surface area contributed by atoms with E-state index in [1.807, 2.05) is 25.2 Å². The van der Waals surface area contributed by atoms with Crippen LogP contribution in [0.15, 0.2) is 29.3 Å². The maximum absolute atomic E-state index is 5.70. The Morgan fingerprint density at radius 3 is 2.96 bits per heavy atom. The number of aliphatic imine (C=N–C) groups is 1. The molecule has 1 aromatic rings. The lowest BCUT2D eigenvalue weighted by Crippen LogP contribution is -2.38. The fraction of sp³-hybridized carbons (Fsp3) is 0.650. The van der Waals surface area contributed by atoms with Gasteiger partial charge in [0.2, 0.25) is 0 Å². The zero-order valence-electron chi connectivity index (χ0n) is 16.4. The molecule has 26 heavy (non-hydrogen) atoms. The van der Waals surface area contributed by atoms with E-state index in [4.69, 9.17) is 19.2 Å². The molecule has 0 aliphatic carbocycles. The molecule has 1 fully saturated rings. The predicted molar refractivity (Wildman–Crippen MR) is 105 cm³/mol. The van der Waals surface area contributed by atoms with Gasteiger partial charge in [-0.2, -0.15) is 0 Å². The lowest BCUT2D eigenvalue weighted by Gasteiger charge is -2.23. The standard InChI is InChI=1S/C20H33N3O3/c1-4-21-20(22-12-8-13-25-16-18-10-7-14-26-18)23(2)15-17-9-5-6-11-19(17)24-3/h5-6,9,11,18H,4,7-8,10,12-16H2,1-3H3,(H,21,22). The van der Waals surface area contributed by atoms with Crippen molar-refractivity contribution in [1.29, 1.82) is 0 Å². The zero-order chi connectivity index (χ0) is 18.6. The van der Waals surface area contributed by atoms with Crippen LogP contribution in [0.4, 0.5) is 0 Å². The van der Waals surface area contributed by atoms with Crippen molar-refractivity contribution in [2.24, 2.45) is 4.99 Å². The predicted octanol–water partition coefficient (Wildman–Crippen LogP) is 2.68. The third-order valence-electron chi connectivity index (χ3n) is 4.33. The van der Waals surface area contributed by atoms with Gasteiger partial charge < -0.3 is 24.4 Å². The molecule has 146 valence electrons. The SMILES string of the molecule is CCNC(=NCCCOCC1CCCO1)N(C)Cc1ccccc1OC. The van der Waals surface area contributed by atoms with Gasteiger partial charge in [0.1, 0.15) is 5.75 Å². The van der Waals surface area contributed by atoms with Crippen molar-refractivity contribution < 1.29 is 14.2 Å². The molecule has 1 N–H and O–H groups in total. The third kappa shape index (κ3) is 6.84. The first-order chi connectivity index (χ1) is 12.7. The van der Waals surface area contributed by atoms with Crippen LogP contribution in [-0.4, -0.2) is 64.0 Å². The number of hydrogen-bond donors (Lipinski definition) is 1. The van der Waals surface area contributed by atoms with Crippen LogP contribution in [-0.2, 0) is 16.0 Å². The van der Waals surface area contributed by atoms with Gasteiger partial charge in [-0.3, -0.25) is 4.99 Å². The molecule has 0 spiro atoms. The molecule has 1 aliphatic rings. The lowest BCUT2D eigenvalue weighted by atomic mass is 10.2. The summed E-state index contributed by atoms with van der Waals surface area (Å²) in [4.78, 5) is 6.83. The summed E-state index contributed by atoms with van der Waals surface area (Å²) in [5.41, 5.74) is 1.14. The van der Waals surface area contributed by atoms with E-state index >= 15 is 0 Å². The number of benzene rings is 1. The first-order valence-electron chi connectivity index (χ1n) is 9.55. The first kappa shape index (κ1) is 20.5. The van der Waals surface area contributed by atoms with Crippen molar-refractivity contribution in [1.82, 2.24) is 10.2 Å². The lowest BCUT2D eigenvalue weighted by molar-refractivity contribution is 0.0170. The smallest absolute Gasteiger partial charge is 0.193 e. The molecule has 0 saturated carbocycles. The number of nitrogens with zero attached hydrogens (tertiary/aromatic N) is 2. The molecule has 6 nitrogen and oxygen atoms in total. The van der Waals surface area contributed by atoms with Gasteiger partial charge in [-0.15, -0.1) is 0 Å². The minimum absolute atomic E-state index is 0.294. The molecule has 0 aromatic heterocycles. The highest BCUT2D eigenvalue weighted by Crippen LogP contribution is 2.18. The van der Waals surface area contributed by atoms with Crippen LogP contribution in [0.2, 0.25) is 0 Å². The Hall–Kier alpha value is -1.79. The van der Waals surface area contributed by atoms with Crippen molar-refractivity contribution in [3.63, 3.8) is 0 Å². The summed E-state index contributed by atoms with van der Waals surface area (Å²) in [6.45, 7) is 6.71. The second kappa shape index (κ2) is 11.8. The van der Waals surface area contributed by atoms with Crippen molar-refractivity contribution in [2.75, 3.05) is 47.1 Å². The molecule has 1 saturated heterocycles. The van der Waals surface area contributed by atoms with Gasteiger partial charge in [-0.25, -0.2) is 0 Å². The Balaban J connectivity index is 1.77. The topological polar surface area (TPSA) is 55.3 Å². The second-order valence-electron chi connectivity index (χ2n) is 6.47. The minimum atomic E-state index is 0.294. The van der Waals surface area contributed by atoms with Crippen LogP contribution in [0.25, 0.3) is 0 Å². The van der Waals surface area contributed by atoms with Crippen LogP contribution in [0.3, 0.4) is 0 Å². The van der Waals surface area contributed by atoms with Gasteiger partial charge >= 0.3 is 0 Å². The monoisotopic (exact) mass is 363 g/mol. The normalized spacial score (nSPS) is 17.3. The number of ether oxygens (including phenoxy) is 3. The molecule has 2 rings (SSSR count). The van der Waals surface area contributed by atoms with Crippen molar-refractivity contribution in [3.8, 4) is 5.75 Å². The highest BCUT2D eigenvalue weighted by Gasteiger charge is 2.15. The van der Waals surface area contributed by atoms with Crippen LogP contribution in [0.5, 0.6) is 5.75 Å². The van der Waals surface area contributed by atoms with Crippen molar-refractivity contribution >= 4 is 5.96 Å². The summed E-state index contributed by atoms with van der Waals surface area (Å²) in [6.07, 6.45) is 3.48. The zero-order valence-corrected chi connectivity index (χ0v) is 16.4. The molecule has 6 heteroatoms. The Morgan fingerprint density at radius 2 is 2.23 bits per heavy atom. The summed E-state index contributed by atoms with van der Waals surface area (Å²) in [5.74, 6) is 1.80. The van der Waals surface area contributed by atoms with Crippen LogP contribution < -0.4 is 10.1 Å². The van der Waals surface area contributed by atoms with Gasteiger partial charge in [-0.05, 0) is 32.3 Å². The van der Waals surface area contributed by atoms with E-state index in [0.717, 1.165) is 69.4 Å². The fourth-order valence-corrected chi connectivity index (χ4v) is 2.98. The molecule has 1 aromatic carbocycles. The van der Waals surface area contributed by atoms with Crippen LogP contribution >= 0.6 is 0 Å². The molecule has 1 unspecified atom stereocenters. The van der Waals surface area contributed by atoms with E-state index in [1.54, 1.807) is 7.11 Å². The molecular formula is C20H33N3O3. The Morgan fingerprint density at radius 1 is 1.38 bits per heavy atom. The van der Waals surface area contributed by atoms with E-state index in [1.165, 1.54) is 0 Å². The maximum atomic E-state index is 5.70. The minimum Gasteiger partial charge on any atom is -0.496 e. The highest BCUT2D eigenvalue weighted by molar-refractivity contribution is 5.79. The molecule has 0 bridgehead atoms. The summed E-state index contributed by atoms with van der Waals surface area (Å²) in [7, 11) is 3.75. The average molecular weight is 364 g/mol. The Labute approximate surface area is 157 Å². The summed E-state index contributed by atoms with van der Waals surface area (Å²) >= 11 is 0. The quantitative estimate of drug-likeness (QED) is 0.393.